The van der Waals surface area contributed by atoms with E-state index in [1.807, 2.05) is 0 Å². The first-order chi connectivity index (χ1) is 8.77. The number of fused-ring (bicyclic) bond motifs is 1. The molecule has 1 aromatic rings. The standard InChI is InChI=1S/C14H20ClNO2/c1-17-14-12(9-16-18-2)11-7-5-3-4-6-10(11)8-13(14)15/h8,16H,3-7,9H2,1-2H3. The van der Waals surface area contributed by atoms with Gasteiger partial charge in [0.15, 0.2) is 0 Å². The van der Waals surface area contributed by atoms with Crippen LogP contribution in [0.25, 0.3) is 0 Å². The molecule has 0 bridgehead atoms. The molecule has 0 saturated carbocycles. The van der Waals surface area contributed by atoms with Crippen molar-refractivity contribution in [1.29, 1.82) is 0 Å². The Bertz CT molecular complexity index is 421. The van der Waals surface area contributed by atoms with E-state index in [9.17, 15) is 0 Å². The van der Waals surface area contributed by atoms with Gasteiger partial charge in [-0.1, -0.05) is 18.0 Å². The minimum Gasteiger partial charge on any atom is -0.495 e. The third-order valence-electron chi connectivity index (χ3n) is 3.51. The van der Waals surface area contributed by atoms with Crippen molar-refractivity contribution in [2.45, 2.75) is 38.6 Å². The Hall–Kier alpha value is -0.770. The lowest BCUT2D eigenvalue weighted by molar-refractivity contribution is 0.0859. The second kappa shape index (κ2) is 6.41. The monoisotopic (exact) mass is 269 g/mol. The second-order valence-corrected chi connectivity index (χ2v) is 5.00. The molecule has 0 fully saturated rings. The van der Waals surface area contributed by atoms with Gasteiger partial charge in [0.25, 0.3) is 0 Å². The zero-order valence-corrected chi connectivity index (χ0v) is 11.8. The number of aryl methyl sites for hydroxylation is 1. The maximum atomic E-state index is 6.31. The van der Waals surface area contributed by atoms with Crippen LogP contribution in [0.1, 0.15) is 36.0 Å². The molecule has 0 aromatic heterocycles. The van der Waals surface area contributed by atoms with Gasteiger partial charge < -0.3 is 9.57 Å². The van der Waals surface area contributed by atoms with E-state index in [-0.39, 0.29) is 0 Å². The predicted molar refractivity (Wildman–Crippen MR) is 73.1 cm³/mol. The fraction of sp³-hybridized carbons (Fsp3) is 0.571. The molecule has 0 saturated heterocycles. The van der Waals surface area contributed by atoms with Crippen molar-refractivity contribution in [2.75, 3.05) is 14.2 Å². The summed E-state index contributed by atoms with van der Waals surface area (Å²) < 4.78 is 5.45. The molecule has 4 heteroatoms. The van der Waals surface area contributed by atoms with Crippen LogP contribution in [-0.4, -0.2) is 14.2 Å². The summed E-state index contributed by atoms with van der Waals surface area (Å²) in [5.41, 5.74) is 6.79. The number of halogens is 1. The van der Waals surface area contributed by atoms with Gasteiger partial charge in [-0.15, -0.1) is 0 Å². The van der Waals surface area contributed by atoms with Crippen LogP contribution in [0, 0.1) is 0 Å². The molecule has 1 N–H and O–H groups in total. The Balaban J connectivity index is 2.46. The Labute approximate surface area is 113 Å². The lowest BCUT2D eigenvalue weighted by Gasteiger charge is -2.18. The number of methoxy groups -OCH3 is 1. The zero-order chi connectivity index (χ0) is 13.0. The molecule has 2 rings (SSSR count). The highest BCUT2D eigenvalue weighted by Gasteiger charge is 2.19. The summed E-state index contributed by atoms with van der Waals surface area (Å²) in [5, 5.41) is 0.700. The number of hydrogen-bond donors (Lipinski definition) is 1. The highest BCUT2D eigenvalue weighted by atomic mass is 35.5. The van der Waals surface area contributed by atoms with E-state index in [1.54, 1.807) is 14.2 Å². The van der Waals surface area contributed by atoms with Crippen LogP contribution in [0.2, 0.25) is 5.02 Å². The normalized spacial score (nSPS) is 15.1. The molecule has 1 aliphatic rings. The van der Waals surface area contributed by atoms with Crippen molar-refractivity contribution in [3.05, 3.63) is 27.8 Å². The maximum absolute atomic E-state index is 6.31. The van der Waals surface area contributed by atoms with Gasteiger partial charge in [0.1, 0.15) is 5.75 Å². The lowest BCUT2D eigenvalue weighted by atomic mass is 9.96. The first-order valence-electron chi connectivity index (χ1n) is 6.41. The van der Waals surface area contributed by atoms with E-state index >= 15 is 0 Å². The number of rotatable bonds is 4. The number of hydroxylamine groups is 1. The molecular weight excluding hydrogens is 250 g/mol. The highest BCUT2D eigenvalue weighted by Crippen LogP contribution is 2.36. The van der Waals surface area contributed by atoms with Crippen molar-refractivity contribution >= 4 is 11.6 Å². The Morgan fingerprint density at radius 3 is 2.72 bits per heavy atom. The molecule has 1 aromatic carbocycles. The van der Waals surface area contributed by atoms with Crippen molar-refractivity contribution in [1.82, 2.24) is 5.48 Å². The van der Waals surface area contributed by atoms with Crippen LogP contribution in [-0.2, 0) is 24.2 Å². The van der Waals surface area contributed by atoms with E-state index in [0.717, 1.165) is 24.2 Å². The molecule has 3 nitrogen and oxygen atoms in total. The summed E-state index contributed by atoms with van der Waals surface area (Å²) in [6, 6.07) is 2.07. The third kappa shape index (κ3) is 2.79. The minimum absolute atomic E-state index is 0.628. The van der Waals surface area contributed by atoms with E-state index in [2.05, 4.69) is 11.5 Å². The minimum atomic E-state index is 0.628. The molecule has 0 atom stereocenters. The third-order valence-corrected chi connectivity index (χ3v) is 3.79. The molecule has 0 spiro atoms. The van der Waals surface area contributed by atoms with Crippen LogP contribution < -0.4 is 10.2 Å². The molecule has 100 valence electrons. The largest absolute Gasteiger partial charge is 0.495 e. The smallest absolute Gasteiger partial charge is 0.142 e. The predicted octanol–water partition coefficient (Wildman–Crippen LogP) is 3.27. The van der Waals surface area contributed by atoms with Gasteiger partial charge in [0.05, 0.1) is 25.8 Å². The van der Waals surface area contributed by atoms with Crippen molar-refractivity contribution in [3.63, 3.8) is 0 Å². The van der Waals surface area contributed by atoms with Gasteiger partial charge in [0, 0.05) is 5.56 Å². The molecule has 0 amide bonds. The summed E-state index contributed by atoms with van der Waals surface area (Å²) in [5.74, 6) is 0.780. The number of nitrogens with one attached hydrogen (secondary N) is 1. The second-order valence-electron chi connectivity index (χ2n) is 4.59. The topological polar surface area (TPSA) is 30.5 Å². The average molecular weight is 270 g/mol. The van der Waals surface area contributed by atoms with Crippen LogP contribution in [0.5, 0.6) is 5.75 Å². The summed E-state index contributed by atoms with van der Waals surface area (Å²) in [7, 11) is 3.29. The summed E-state index contributed by atoms with van der Waals surface area (Å²) >= 11 is 6.31. The van der Waals surface area contributed by atoms with Gasteiger partial charge in [-0.25, -0.2) is 0 Å². The molecule has 0 heterocycles. The van der Waals surface area contributed by atoms with Gasteiger partial charge in [-0.05, 0) is 42.9 Å². The summed E-state index contributed by atoms with van der Waals surface area (Å²) in [6.45, 7) is 0.628. The molecule has 0 unspecified atom stereocenters. The van der Waals surface area contributed by atoms with E-state index in [4.69, 9.17) is 21.2 Å². The van der Waals surface area contributed by atoms with Gasteiger partial charge in [-0.2, -0.15) is 5.48 Å². The van der Waals surface area contributed by atoms with Crippen molar-refractivity contribution < 1.29 is 9.57 Å². The number of benzene rings is 1. The van der Waals surface area contributed by atoms with Crippen molar-refractivity contribution in [3.8, 4) is 5.75 Å². The van der Waals surface area contributed by atoms with Crippen LogP contribution >= 0.6 is 11.6 Å². The molecular formula is C14H20ClNO2. The molecule has 1 aliphatic carbocycles. The maximum Gasteiger partial charge on any atom is 0.142 e. The van der Waals surface area contributed by atoms with Gasteiger partial charge in [-0.3, -0.25) is 0 Å². The van der Waals surface area contributed by atoms with Gasteiger partial charge >= 0.3 is 0 Å². The quantitative estimate of drug-likeness (QED) is 0.672. The molecule has 0 aliphatic heterocycles. The SMILES string of the molecule is CONCc1c2c(cc(Cl)c1OC)CCCCC2. The van der Waals surface area contributed by atoms with E-state index in [0.29, 0.717) is 11.6 Å². The summed E-state index contributed by atoms with van der Waals surface area (Å²) in [4.78, 5) is 4.96. The number of ether oxygens (including phenoxy) is 1. The van der Waals surface area contributed by atoms with E-state index in [1.165, 1.54) is 30.4 Å². The Morgan fingerprint density at radius 1 is 1.22 bits per heavy atom. The zero-order valence-electron chi connectivity index (χ0n) is 11.0. The first kappa shape index (κ1) is 13.7. The van der Waals surface area contributed by atoms with Crippen molar-refractivity contribution in [2.24, 2.45) is 0 Å². The van der Waals surface area contributed by atoms with Crippen LogP contribution in [0.15, 0.2) is 6.07 Å². The van der Waals surface area contributed by atoms with Gasteiger partial charge in [0.2, 0.25) is 0 Å². The Morgan fingerprint density at radius 2 is 2.00 bits per heavy atom. The van der Waals surface area contributed by atoms with Crippen LogP contribution in [0.4, 0.5) is 0 Å². The molecule has 18 heavy (non-hydrogen) atoms. The van der Waals surface area contributed by atoms with E-state index < -0.39 is 0 Å². The lowest BCUT2D eigenvalue weighted by Crippen LogP contribution is -2.14. The first-order valence-corrected chi connectivity index (χ1v) is 6.78. The highest BCUT2D eigenvalue weighted by molar-refractivity contribution is 6.32. The van der Waals surface area contributed by atoms with Crippen LogP contribution in [0.3, 0.4) is 0 Å². The average Bonchev–Trinajstić information content (AvgIpc) is 2.60. The summed E-state index contributed by atoms with van der Waals surface area (Å²) in [6.07, 6.45) is 5.97. The fourth-order valence-corrected chi connectivity index (χ4v) is 2.98. The number of hydrogen-bond acceptors (Lipinski definition) is 3. The molecule has 0 radical (unpaired) electrons. The fourth-order valence-electron chi connectivity index (χ4n) is 2.66. The Kier molecular flexibility index (Phi) is 4.87.